The summed E-state index contributed by atoms with van der Waals surface area (Å²) in [5.41, 5.74) is 3.85. The number of hydrogen-bond donors (Lipinski definition) is 0. The number of carbonyl (C=O) groups is 1. The third-order valence-corrected chi connectivity index (χ3v) is 4.06. The van der Waals surface area contributed by atoms with Gasteiger partial charge in [0.25, 0.3) is 0 Å². The largest absolute Gasteiger partial charge is 0.453 e. The third-order valence-electron chi connectivity index (χ3n) is 4.06. The Morgan fingerprint density at radius 1 is 1.29 bits per heavy atom. The van der Waals surface area contributed by atoms with Crippen molar-refractivity contribution in [2.24, 2.45) is 0 Å². The average molecular weight is 325 g/mol. The molecule has 0 amide bonds. The van der Waals surface area contributed by atoms with Crippen molar-refractivity contribution in [2.75, 3.05) is 0 Å². The lowest BCUT2D eigenvalue weighted by molar-refractivity contribution is -0.143. The summed E-state index contributed by atoms with van der Waals surface area (Å²) >= 11 is 0. The number of nitriles is 1. The van der Waals surface area contributed by atoms with Crippen LogP contribution in [-0.2, 0) is 4.79 Å². The summed E-state index contributed by atoms with van der Waals surface area (Å²) in [6.07, 6.45) is 2.11. The van der Waals surface area contributed by atoms with Crippen LogP contribution in [0.1, 0.15) is 53.8 Å². The lowest BCUT2D eigenvalue weighted by Gasteiger charge is -2.10. The maximum absolute atomic E-state index is 11.2. The Labute approximate surface area is 140 Å². The lowest BCUT2D eigenvalue weighted by atomic mass is 10.0. The molecule has 6 heteroatoms. The van der Waals surface area contributed by atoms with Crippen LogP contribution in [0, 0.1) is 32.1 Å². The van der Waals surface area contributed by atoms with E-state index in [0.29, 0.717) is 28.7 Å². The highest BCUT2D eigenvalue weighted by molar-refractivity contribution is 5.66. The van der Waals surface area contributed by atoms with Gasteiger partial charge in [-0.1, -0.05) is 4.85 Å². The molecular weight excluding hydrogens is 306 g/mol. The van der Waals surface area contributed by atoms with Crippen LogP contribution >= 0.6 is 0 Å². The number of rotatable bonds is 4. The number of ether oxygens (including phenoxy) is 1. The zero-order valence-electron chi connectivity index (χ0n) is 14.2. The molecule has 24 heavy (non-hydrogen) atoms. The van der Waals surface area contributed by atoms with Crippen molar-refractivity contribution in [1.29, 1.82) is 5.26 Å². The summed E-state index contributed by atoms with van der Waals surface area (Å²) in [5.74, 6) is 1.19. The fourth-order valence-corrected chi connectivity index (χ4v) is 2.73. The van der Waals surface area contributed by atoms with E-state index in [0.717, 1.165) is 29.7 Å². The van der Waals surface area contributed by atoms with Crippen LogP contribution in [0.5, 0.6) is 11.5 Å². The zero-order chi connectivity index (χ0) is 17.4. The molecule has 1 aromatic carbocycles. The number of hydrogen-bond acceptors (Lipinski definition) is 5. The Morgan fingerprint density at radius 2 is 1.92 bits per heavy atom. The van der Waals surface area contributed by atoms with Gasteiger partial charge in [0.1, 0.15) is 17.1 Å². The van der Waals surface area contributed by atoms with Gasteiger partial charge in [0.05, 0.1) is 11.6 Å². The Hall–Kier alpha value is -2.81. The van der Waals surface area contributed by atoms with E-state index in [1.807, 2.05) is 26.0 Å². The molecule has 1 heterocycles. The van der Waals surface area contributed by atoms with Crippen molar-refractivity contribution >= 4 is 5.97 Å². The molecule has 0 bridgehead atoms. The van der Waals surface area contributed by atoms with Gasteiger partial charge < -0.3 is 9.57 Å². The first kappa shape index (κ1) is 16.1. The maximum atomic E-state index is 11.2. The highest BCUT2D eigenvalue weighted by Gasteiger charge is 2.33. The maximum Gasteiger partial charge on any atom is 0.331 e. The van der Waals surface area contributed by atoms with Crippen LogP contribution in [0.25, 0.3) is 0 Å². The predicted octanol–water partition coefficient (Wildman–Crippen LogP) is 3.32. The highest BCUT2D eigenvalue weighted by Crippen LogP contribution is 2.45. The molecule has 1 aliphatic carbocycles. The van der Waals surface area contributed by atoms with Crippen LogP contribution in [0.2, 0.25) is 0 Å². The van der Waals surface area contributed by atoms with E-state index >= 15 is 0 Å². The van der Waals surface area contributed by atoms with Crippen LogP contribution in [0.15, 0.2) is 12.1 Å². The summed E-state index contributed by atoms with van der Waals surface area (Å²) < 4.78 is 6.08. The first-order valence-electron chi connectivity index (χ1n) is 7.88. The van der Waals surface area contributed by atoms with E-state index in [1.165, 1.54) is 11.8 Å². The summed E-state index contributed by atoms with van der Waals surface area (Å²) in [7, 11) is 0. The second-order valence-electron chi connectivity index (χ2n) is 6.18. The Kier molecular flexibility index (Phi) is 4.02. The number of aryl methyl sites for hydroxylation is 2. The fraction of sp³-hybridized carbons (Fsp3) is 0.389. The second-order valence-corrected chi connectivity index (χ2v) is 6.18. The van der Waals surface area contributed by atoms with Crippen molar-refractivity contribution in [3.05, 3.63) is 40.2 Å². The van der Waals surface area contributed by atoms with Crippen LogP contribution in [0.3, 0.4) is 0 Å². The lowest BCUT2D eigenvalue weighted by Crippen LogP contribution is -2.19. The number of aromatic nitrogens is 2. The fourth-order valence-electron chi connectivity index (χ4n) is 2.73. The van der Waals surface area contributed by atoms with Crippen LogP contribution < -0.4 is 9.57 Å². The summed E-state index contributed by atoms with van der Waals surface area (Å²) in [6, 6.07) is 5.88. The normalized spacial score (nSPS) is 13.5. The van der Waals surface area contributed by atoms with Crippen LogP contribution in [0.4, 0.5) is 0 Å². The van der Waals surface area contributed by atoms with E-state index < -0.39 is 5.97 Å². The SMILES string of the molecule is CC(=O)On1nc(C2CC2)c(Oc2cc(C)c(C#N)c(C)c2)c1C. The molecule has 3 rings (SSSR count). The molecule has 2 aromatic rings. The molecule has 0 atom stereocenters. The predicted molar refractivity (Wildman–Crippen MR) is 86.9 cm³/mol. The molecule has 1 saturated carbocycles. The Morgan fingerprint density at radius 3 is 2.42 bits per heavy atom. The van der Waals surface area contributed by atoms with Gasteiger partial charge in [-0.15, -0.1) is 5.10 Å². The van der Waals surface area contributed by atoms with Crippen molar-refractivity contribution in [3.8, 4) is 17.6 Å². The van der Waals surface area contributed by atoms with E-state index in [2.05, 4.69) is 11.2 Å². The van der Waals surface area contributed by atoms with Gasteiger partial charge in [0, 0.05) is 12.8 Å². The standard InChI is InChI=1S/C18H19N3O3/c1-10-7-15(8-11(2)16(10)9-19)23-18-12(3)21(24-13(4)22)20-17(18)14-5-6-14/h7-8,14H,5-6H2,1-4H3. The molecule has 0 aliphatic heterocycles. The van der Waals surface area contributed by atoms with Gasteiger partial charge in [-0.3, -0.25) is 0 Å². The van der Waals surface area contributed by atoms with E-state index in [-0.39, 0.29) is 0 Å². The minimum atomic E-state index is -0.431. The molecule has 1 aliphatic rings. The first-order valence-corrected chi connectivity index (χ1v) is 7.88. The smallest absolute Gasteiger partial charge is 0.331 e. The third kappa shape index (κ3) is 2.98. The molecule has 1 aromatic heterocycles. The van der Waals surface area contributed by atoms with Crippen molar-refractivity contribution in [1.82, 2.24) is 9.94 Å². The van der Waals surface area contributed by atoms with Crippen molar-refractivity contribution < 1.29 is 14.4 Å². The number of benzene rings is 1. The Balaban J connectivity index is 1.99. The molecule has 1 fully saturated rings. The quantitative estimate of drug-likeness (QED) is 0.861. The summed E-state index contributed by atoms with van der Waals surface area (Å²) in [6.45, 7) is 6.91. The summed E-state index contributed by atoms with van der Waals surface area (Å²) in [4.78, 5) is 17.6. The minimum Gasteiger partial charge on any atom is -0.453 e. The monoisotopic (exact) mass is 325 g/mol. The van der Waals surface area contributed by atoms with Gasteiger partial charge in [-0.05, 0) is 56.9 Å². The van der Waals surface area contributed by atoms with Crippen molar-refractivity contribution in [3.63, 3.8) is 0 Å². The molecule has 0 N–H and O–H groups in total. The second kappa shape index (κ2) is 6.00. The number of carbonyl (C=O) groups excluding carboxylic acids is 1. The van der Waals surface area contributed by atoms with Crippen molar-refractivity contribution in [2.45, 2.75) is 46.5 Å². The number of nitrogens with zero attached hydrogens (tertiary/aromatic N) is 3. The zero-order valence-corrected chi connectivity index (χ0v) is 14.2. The van der Waals surface area contributed by atoms with Gasteiger partial charge in [0.15, 0.2) is 5.75 Å². The van der Waals surface area contributed by atoms with Gasteiger partial charge in [-0.25, -0.2) is 4.79 Å². The molecule has 6 nitrogen and oxygen atoms in total. The molecule has 0 saturated heterocycles. The molecule has 0 radical (unpaired) electrons. The van der Waals surface area contributed by atoms with E-state index in [1.54, 1.807) is 6.92 Å². The van der Waals surface area contributed by atoms with E-state index in [4.69, 9.17) is 9.57 Å². The molecule has 0 spiro atoms. The first-order chi connectivity index (χ1) is 11.4. The summed E-state index contributed by atoms with van der Waals surface area (Å²) in [5, 5.41) is 13.6. The average Bonchev–Trinajstić information content (AvgIpc) is 3.29. The van der Waals surface area contributed by atoms with Gasteiger partial charge in [0.2, 0.25) is 0 Å². The van der Waals surface area contributed by atoms with Crippen LogP contribution in [-0.4, -0.2) is 15.9 Å². The minimum absolute atomic E-state index is 0.344. The Bertz CT molecular complexity index is 834. The topological polar surface area (TPSA) is 77.1 Å². The van der Waals surface area contributed by atoms with Gasteiger partial charge in [-0.2, -0.15) is 5.26 Å². The molecule has 0 unspecified atom stereocenters. The van der Waals surface area contributed by atoms with E-state index in [9.17, 15) is 10.1 Å². The van der Waals surface area contributed by atoms with Gasteiger partial charge >= 0.3 is 5.97 Å². The molecule has 124 valence electrons. The molecular formula is C18H19N3O3. The highest BCUT2D eigenvalue weighted by atomic mass is 16.7.